The standard InChI is InChI=1S/C13H9N2/c1-2-5-11-9-15-12-6-3-7-14-13(12)8-10(11)4-1/h1-7,9,14H. The number of dihydropyridines is 1. The first kappa shape index (κ1) is 8.24. The summed E-state index contributed by atoms with van der Waals surface area (Å²) in [6.07, 6.45) is 11.0. The van der Waals surface area contributed by atoms with Crippen LogP contribution in [0.2, 0.25) is 0 Å². The van der Waals surface area contributed by atoms with Gasteiger partial charge in [0.25, 0.3) is 0 Å². The summed E-state index contributed by atoms with van der Waals surface area (Å²) >= 11 is 0. The SMILES string of the molecule is [C]1=C2NC=CC=C2N=Cc2ccccc21. The third-order valence-corrected chi connectivity index (χ3v) is 2.40. The quantitative estimate of drug-likeness (QED) is 0.670. The van der Waals surface area contributed by atoms with E-state index < -0.39 is 0 Å². The van der Waals surface area contributed by atoms with E-state index in [0.29, 0.717) is 0 Å². The molecule has 15 heavy (non-hydrogen) atoms. The molecule has 0 saturated heterocycles. The summed E-state index contributed by atoms with van der Waals surface area (Å²) in [5.74, 6) is 0. The van der Waals surface area contributed by atoms with Crippen LogP contribution in [0.5, 0.6) is 0 Å². The molecule has 0 atom stereocenters. The predicted molar refractivity (Wildman–Crippen MR) is 60.3 cm³/mol. The summed E-state index contributed by atoms with van der Waals surface area (Å²) in [6.45, 7) is 0. The van der Waals surface area contributed by atoms with E-state index in [4.69, 9.17) is 0 Å². The van der Waals surface area contributed by atoms with Crippen LogP contribution in [0.4, 0.5) is 0 Å². The van der Waals surface area contributed by atoms with E-state index in [-0.39, 0.29) is 0 Å². The molecular weight excluding hydrogens is 184 g/mol. The Morgan fingerprint density at radius 3 is 3.13 bits per heavy atom. The molecule has 2 heteroatoms. The maximum Gasteiger partial charge on any atom is 0.0871 e. The molecule has 1 aromatic carbocycles. The minimum absolute atomic E-state index is 0.925. The Hall–Kier alpha value is -2.09. The third-order valence-electron chi connectivity index (χ3n) is 2.40. The van der Waals surface area contributed by atoms with Crippen LogP contribution < -0.4 is 5.32 Å². The molecule has 0 bridgehead atoms. The van der Waals surface area contributed by atoms with Crippen molar-refractivity contribution < 1.29 is 0 Å². The van der Waals surface area contributed by atoms with Gasteiger partial charge in [-0.25, -0.2) is 0 Å². The minimum atomic E-state index is 0.925. The lowest BCUT2D eigenvalue weighted by Crippen LogP contribution is -2.09. The van der Waals surface area contributed by atoms with E-state index in [1.54, 1.807) is 0 Å². The number of nitrogens with zero attached hydrogens (tertiary/aromatic N) is 1. The summed E-state index contributed by atoms with van der Waals surface area (Å²) < 4.78 is 0. The van der Waals surface area contributed by atoms with Gasteiger partial charge in [-0.1, -0.05) is 24.3 Å². The lowest BCUT2D eigenvalue weighted by molar-refractivity contribution is 1.03. The van der Waals surface area contributed by atoms with Gasteiger partial charge >= 0.3 is 0 Å². The van der Waals surface area contributed by atoms with Crippen molar-refractivity contribution in [1.29, 1.82) is 0 Å². The number of nitrogens with one attached hydrogen (secondary N) is 1. The summed E-state index contributed by atoms with van der Waals surface area (Å²) in [6, 6.07) is 8.09. The maximum atomic E-state index is 4.41. The Morgan fingerprint density at radius 1 is 1.20 bits per heavy atom. The van der Waals surface area contributed by atoms with Gasteiger partial charge in [-0.2, -0.15) is 0 Å². The van der Waals surface area contributed by atoms with Crippen LogP contribution in [0.15, 0.2) is 59.0 Å². The van der Waals surface area contributed by atoms with Crippen molar-refractivity contribution in [3.63, 3.8) is 0 Å². The Morgan fingerprint density at radius 2 is 2.13 bits per heavy atom. The fraction of sp³-hybridized carbons (Fsp3) is 0. The van der Waals surface area contributed by atoms with Crippen LogP contribution >= 0.6 is 0 Å². The summed E-state index contributed by atoms with van der Waals surface area (Å²) in [4.78, 5) is 4.41. The van der Waals surface area contributed by atoms with Gasteiger partial charge in [-0.05, 0) is 17.7 Å². The summed E-state index contributed by atoms with van der Waals surface area (Å²) in [7, 11) is 0. The second-order valence-electron chi connectivity index (χ2n) is 3.40. The third kappa shape index (κ3) is 1.40. The molecule has 2 aliphatic rings. The van der Waals surface area contributed by atoms with E-state index in [1.807, 2.05) is 48.8 Å². The van der Waals surface area contributed by atoms with Gasteiger partial charge in [-0.15, -0.1) is 0 Å². The molecule has 0 spiro atoms. The molecule has 0 amide bonds. The van der Waals surface area contributed by atoms with Crippen LogP contribution in [0.25, 0.3) is 0 Å². The molecule has 1 aromatic rings. The number of rotatable bonds is 0. The highest BCUT2D eigenvalue weighted by molar-refractivity contribution is 5.84. The van der Waals surface area contributed by atoms with Gasteiger partial charge in [0.2, 0.25) is 0 Å². The zero-order valence-electron chi connectivity index (χ0n) is 8.07. The number of hydrogen-bond donors (Lipinski definition) is 1. The van der Waals surface area contributed by atoms with Crippen molar-refractivity contribution in [2.75, 3.05) is 0 Å². The Labute approximate surface area is 88.4 Å². The van der Waals surface area contributed by atoms with Crippen molar-refractivity contribution in [3.8, 4) is 0 Å². The molecule has 0 aromatic heterocycles. The molecule has 3 rings (SSSR count). The molecule has 2 heterocycles. The minimum Gasteiger partial charge on any atom is -0.359 e. The lowest BCUT2D eigenvalue weighted by Gasteiger charge is -2.09. The monoisotopic (exact) mass is 193 g/mol. The van der Waals surface area contributed by atoms with Crippen molar-refractivity contribution in [3.05, 3.63) is 71.2 Å². The zero-order valence-corrected chi connectivity index (χ0v) is 8.07. The van der Waals surface area contributed by atoms with Gasteiger partial charge in [0, 0.05) is 24.1 Å². The van der Waals surface area contributed by atoms with Gasteiger partial charge in [0.1, 0.15) is 0 Å². The van der Waals surface area contributed by atoms with E-state index >= 15 is 0 Å². The largest absolute Gasteiger partial charge is 0.359 e. The number of benzene rings is 1. The fourth-order valence-electron chi connectivity index (χ4n) is 1.63. The van der Waals surface area contributed by atoms with Crippen LogP contribution in [-0.4, -0.2) is 6.21 Å². The molecule has 0 aliphatic carbocycles. The molecular formula is C13H9N2. The van der Waals surface area contributed by atoms with E-state index in [2.05, 4.69) is 16.4 Å². The van der Waals surface area contributed by atoms with Gasteiger partial charge < -0.3 is 5.32 Å². The van der Waals surface area contributed by atoms with Crippen molar-refractivity contribution in [1.82, 2.24) is 5.32 Å². The highest BCUT2D eigenvalue weighted by Gasteiger charge is 2.10. The molecule has 71 valence electrons. The first-order valence-corrected chi connectivity index (χ1v) is 4.84. The van der Waals surface area contributed by atoms with Crippen molar-refractivity contribution >= 4 is 6.21 Å². The number of fused-ring (bicyclic) bond motifs is 2. The molecule has 0 fully saturated rings. The first-order valence-electron chi connectivity index (χ1n) is 4.84. The number of aliphatic imine (C=N–C) groups is 1. The average molecular weight is 193 g/mol. The molecule has 1 N–H and O–H groups in total. The molecule has 0 saturated carbocycles. The fourth-order valence-corrected chi connectivity index (χ4v) is 1.63. The molecule has 0 unspecified atom stereocenters. The van der Waals surface area contributed by atoms with Gasteiger partial charge in [0.15, 0.2) is 0 Å². The van der Waals surface area contributed by atoms with E-state index in [1.165, 1.54) is 0 Å². The highest BCUT2D eigenvalue weighted by atomic mass is 14.9. The normalized spacial score (nSPS) is 16.8. The van der Waals surface area contributed by atoms with E-state index in [9.17, 15) is 0 Å². The maximum absolute atomic E-state index is 4.41. The lowest BCUT2D eigenvalue weighted by atomic mass is 10.1. The van der Waals surface area contributed by atoms with E-state index in [0.717, 1.165) is 22.5 Å². The predicted octanol–water partition coefficient (Wildman–Crippen LogP) is 2.16. The second-order valence-corrected chi connectivity index (χ2v) is 3.40. The summed E-state index contributed by atoms with van der Waals surface area (Å²) in [5, 5.41) is 3.14. The topological polar surface area (TPSA) is 24.4 Å². The highest BCUT2D eigenvalue weighted by Crippen LogP contribution is 2.19. The average Bonchev–Trinajstić information content (AvgIpc) is 2.48. The van der Waals surface area contributed by atoms with Crippen LogP contribution in [0.1, 0.15) is 11.1 Å². The first-order chi connectivity index (χ1) is 7.43. The Bertz CT molecular complexity index is 519. The Balaban J connectivity index is 2.20. The van der Waals surface area contributed by atoms with Crippen LogP contribution in [0.3, 0.4) is 0 Å². The Kier molecular flexibility index (Phi) is 1.78. The number of allylic oxidation sites excluding steroid dienone is 2. The molecule has 2 nitrogen and oxygen atoms in total. The molecule has 1 radical (unpaired) electrons. The van der Waals surface area contributed by atoms with Crippen molar-refractivity contribution in [2.24, 2.45) is 4.99 Å². The second kappa shape index (κ2) is 3.24. The van der Waals surface area contributed by atoms with Gasteiger partial charge in [-0.3, -0.25) is 4.99 Å². The smallest absolute Gasteiger partial charge is 0.0871 e. The van der Waals surface area contributed by atoms with Crippen LogP contribution in [0, 0.1) is 6.08 Å². The summed E-state index contributed by atoms with van der Waals surface area (Å²) in [5.41, 5.74) is 4.02. The van der Waals surface area contributed by atoms with Crippen molar-refractivity contribution in [2.45, 2.75) is 0 Å². The van der Waals surface area contributed by atoms with Crippen LogP contribution in [-0.2, 0) is 0 Å². The number of hydrogen-bond acceptors (Lipinski definition) is 2. The zero-order chi connectivity index (χ0) is 10.1. The molecule has 2 aliphatic heterocycles. The van der Waals surface area contributed by atoms with Gasteiger partial charge in [0.05, 0.1) is 11.4 Å².